The number of hydrogen-bond donors (Lipinski definition) is 0. The largest absolute Gasteiger partial charge is 0.264 e. The average Bonchev–Trinajstić information content (AvgIpc) is 2.69. The lowest BCUT2D eigenvalue weighted by Gasteiger charge is -2.09. The van der Waals surface area contributed by atoms with Crippen LogP contribution in [-0.4, -0.2) is 25.1 Å². The Labute approximate surface area is 139 Å². The summed E-state index contributed by atoms with van der Waals surface area (Å²) in [5, 5.41) is 8.72. The summed E-state index contributed by atoms with van der Waals surface area (Å²) in [5.41, 5.74) is 4.18. The van der Waals surface area contributed by atoms with Crippen molar-refractivity contribution in [2.45, 2.75) is 0 Å². The lowest BCUT2D eigenvalue weighted by molar-refractivity contribution is 0.988. The second-order valence-corrected chi connectivity index (χ2v) is 5.18. The fraction of sp³-hybridized carbons (Fsp3) is 0. The number of rotatable bonds is 3. The molecule has 5 nitrogen and oxygen atoms in total. The van der Waals surface area contributed by atoms with Crippen molar-refractivity contribution in [3.05, 3.63) is 79.4 Å². The van der Waals surface area contributed by atoms with E-state index in [2.05, 4.69) is 20.2 Å². The first-order chi connectivity index (χ1) is 11.9. The fourth-order valence-corrected chi connectivity index (χ4v) is 2.44. The van der Waals surface area contributed by atoms with Crippen LogP contribution in [0.25, 0.3) is 33.9 Å². The standard InChI is InChI=1S/C19H13N5/c1-2-6-14(7-3-1)18-17(15-8-4-10-20-12-15)22-19(24-23-18)16-9-5-11-21-13-16/h1-13H. The van der Waals surface area contributed by atoms with E-state index in [0.29, 0.717) is 5.82 Å². The van der Waals surface area contributed by atoms with E-state index in [1.165, 1.54) is 0 Å². The summed E-state index contributed by atoms with van der Waals surface area (Å²) in [6, 6.07) is 17.5. The first-order valence-electron chi connectivity index (χ1n) is 7.53. The third kappa shape index (κ3) is 2.75. The Balaban J connectivity index is 1.92. The highest BCUT2D eigenvalue weighted by Gasteiger charge is 2.14. The minimum atomic E-state index is 0.543. The Morgan fingerprint density at radius 2 is 1.21 bits per heavy atom. The van der Waals surface area contributed by atoms with Crippen LogP contribution in [0.3, 0.4) is 0 Å². The van der Waals surface area contributed by atoms with Crippen molar-refractivity contribution in [1.82, 2.24) is 25.1 Å². The van der Waals surface area contributed by atoms with Crippen molar-refractivity contribution in [3.63, 3.8) is 0 Å². The fourth-order valence-electron chi connectivity index (χ4n) is 2.44. The first-order valence-corrected chi connectivity index (χ1v) is 7.53. The first kappa shape index (κ1) is 14.1. The van der Waals surface area contributed by atoms with Gasteiger partial charge in [-0.05, 0) is 24.3 Å². The molecule has 4 rings (SSSR count). The van der Waals surface area contributed by atoms with Crippen LogP contribution in [0.1, 0.15) is 0 Å². The minimum absolute atomic E-state index is 0.543. The van der Waals surface area contributed by atoms with Crippen LogP contribution in [-0.2, 0) is 0 Å². The predicted molar refractivity (Wildman–Crippen MR) is 91.7 cm³/mol. The van der Waals surface area contributed by atoms with Gasteiger partial charge in [0.15, 0.2) is 5.82 Å². The molecule has 3 aromatic heterocycles. The summed E-state index contributed by atoms with van der Waals surface area (Å²) in [4.78, 5) is 13.1. The van der Waals surface area contributed by atoms with Crippen molar-refractivity contribution >= 4 is 0 Å². The SMILES string of the molecule is c1ccc(-c2nnc(-c3cccnc3)nc2-c2cccnc2)cc1. The van der Waals surface area contributed by atoms with E-state index >= 15 is 0 Å². The van der Waals surface area contributed by atoms with Crippen molar-refractivity contribution < 1.29 is 0 Å². The van der Waals surface area contributed by atoms with Crippen LogP contribution in [0, 0.1) is 0 Å². The van der Waals surface area contributed by atoms with E-state index in [0.717, 1.165) is 28.1 Å². The van der Waals surface area contributed by atoms with Gasteiger partial charge in [0.2, 0.25) is 0 Å². The normalized spacial score (nSPS) is 10.5. The van der Waals surface area contributed by atoms with Crippen LogP contribution in [0.4, 0.5) is 0 Å². The van der Waals surface area contributed by atoms with Crippen LogP contribution in [0.2, 0.25) is 0 Å². The van der Waals surface area contributed by atoms with Gasteiger partial charge in [-0.3, -0.25) is 9.97 Å². The summed E-state index contributed by atoms with van der Waals surface area (Å²) in [7, 11) is 0. The van der Waals surface area contributed by atoms with Gasteiger partial charge in [0.25, 0.3) is 0 Å². The van der Waals surface area contributed by atoms with Crippen molar-refractivity contribution in [2.24, 2.45) is 0 Å². The van der Waals surface area contributed by atoms with E-state index in [1.54, 1.807) is 24.8 Å². The minimum Gasteiger partial charge on any atom is -0.264 e. The number of nitrogens with zero attached hydrogens (tertiary/aromatic N) is 5. The maximum Gasteiger partial charge on any atom is 0.183 e. The summed E-state index contributed by atoms with van der Waals surface area (Å²) in [6.45, 7) is 0. The molecule has 0 unspecified atom stereocenters. The molecule has 0 aliphatic heterocycles. The molecule has 0 saturated carbocycles. The second-order valence-electron chi connectivity index (χ2n) is 5.18. The predicted octanol–water partition coefficient (Wildman–Crippen LogP) is 3.66. The summed E-state index contributed by atoms with van der Waals surface area (Å²) < 4.78 is 0. The van der Waals surface area contributed by atoms with Gasteiger partial charge in [0, 0.05) is 41.5 Å². The molecule has 3 heterocycles. The maximum absolute atomic E-state index is 4.74. The van der Waals surface area contributed by atoms with Crippen LogP contribution in [0.5, 0.6) is 0 Å². The third-order valence-electron chi connectivity index (χ3n) is 3.59. The zero-order valence-corrected chi connectivity index (χ0v) is 12.7. The molecule has 0 saturated heterocycles. The van der Waals surface area contributed by atoms with E-state index in [4.69, 9.17) is 4.98 Å². The number of hydrogen-bond acceptors (Lipinski definition) is 5. The lowest BCUT2D eigenvalue weighted by atomic mass is 10.1. The molecule has 0 radical (unpaired) electrons. The third-order valence-corrected chi connectivity index (χ3v) is 3.59. The zero-order chi connectivity index (χ0) is 16.2. The van der Waals surface area contributed by atoms with Gasteiger partial charge in [0.05, 0.1) is 0 Å². The molecular weight excluding hydrogens is 298 g/mol. The van der Waals surface area contributed by atoms with Gasteiger partial charge in [0.1, 0.15) is 11.4 Å². The molecule has 4 aromatic rings. The highest BCUT2D eigenvalue weighted by molar-refractivity contribution is 5.78. The van der Waals surface area contributed by atoms with Gasteiger partial charge in [-0.15, -0.1) is 10.2 Å². The summed E-state index contributed by atoms with van der Waals surface area (Å²) in [5.74, 6) is 0.543. The summed E-state index contributed by atoms with van der Waals surface area (Å²) in [6.07, 6.45) is 6.97. The van der Waals surface area contributed by atoms with Crippen molar-refractivity contribution in [3.8, 4) is 33.9 Å². The van der Waals surface area contributed by atoms with Gasteiger partial charge in [-0.25, -0.2) is 4.98 Å². The molecule has 0 atom stereocenters. The van der Waals surface area contributed by atoms with Gasteiger partial charge in [-0.2, -0.15) is 0 Å². The second kappa shape index (κ2) is 6.34. The van der Waals surface area contributed by atoms with E-state index in [9.17, 15) is 0 Å². The summed E-state index contributed by atoms with van der Waals surface area (Å²) >= 11 is 0. The molecule has 114 valence electrons. The molecule has 0 amide bonds. The molecule has 0 bridgehead atoms. The Hall–Kier alpha value is -3.47. The van der Waals surface area contributed by atoms with Gasteiger partial charge in [-0.1, -0.05) is 30.3 Å². The Bertz CT molecular complexity index is 941. The highest BCUT2D eigenvalue weighted by atomic mass is 15.2. The maximum atomic E-state index is 4.74. The molecular formula is C19H13N5. The Morgan fingerprint density at radius 3 is 1.88 bits per heavy atom. The molecule has 5 heteroatoms. The van der Waals surface area contributed by atoms with Crippen LogP contribution < -0.4 is 0 Å². The molecule has 1 aromatic carbocycles. The van der Waals surface area contributed by atoms with Crippen LogP contribution in [0.15, 0.2) is 79.4 Å². The average molecular weight is 311 g/mol. The van der Waals surface area contributed by atoms with Gasteiger partial charge >= 0.3 is 0 Å². The van der Waals surface area contributed by atoms with E-state index in [1.807, 2.05) is 54.6 Å². The number of benzene rings is 1. The lowest BCUT2D eigenvalue weighted by Crippen LogP contribution is -2.00. The molecule has 0 spiro atoms. The molecule has 0 N–H and O–H groups in total. The Morgan fingerprint density at radius 1 is 0.542 bits per heavy atom. The molecule has 24 heavy (non-hydrogen) atoms. The molecule has 0 aliphatic rings. The van der Waals surface area contributed by atoms with Crippen molar-refractivity contribution in [2.75, 3.05) is 0 Å². The highest BCUT2D eigenvalue weighted by Crippen LogP contribution is 2.29. The number of pyridine rings is 2. The quantitative estimate of drug-likeness (QED) is 0.577. The molecule has 0 fully saturated rings. The monoisotopic (exact) mass is 311 g/mol. The number of aromatic nitrogens is 5. The Kier molecular flexibility index (Phi) is 3.73. The van der Waals surface area contributed by atoms with E-state index in [-0.39, 0.29) is 0 Å². The molecule has 0 aliphatic carbocycles. The van der Waals surface area contributed by atoms with Crippen LogP contribution >= 0.6 is 0 Å². The zero-order valence-electron chi connectivity index (χ0n) is 12.7. The smallest absolute Gasteiger partial charge is 0.183 e. The van der Waals surface area contributed by atoms with Crippen molar-refractivity contribution in [1.29, 1.82) is 0 Å². The van der Waals surface area contributed by atoms with E-state index < -0.39 is 0 Å². The topological polar surface area (TPSA) is 64.5 Å². The van der Waals surface area contributed by atoms with Gasteiger partial charge < -0.3 is 0 Å².